The molecule has 1 amide bonds. The number of nitrogens with zero attached hydrogens (tertiary/aromatic N) is 2. The van der Waals surface area contributed by atoms with Crippen molar-refractivity contribution in [2.45, 2.75) is 49.9 Å². The number of methoxy groups -OCH3 is 1. The molecular weight excluding hydrogens is 491 g/mol. The number of halogens is 1. The van der Waals surface area contributed by atoms with E-state index in [0.717, 1.165) is 25.7 Å². The SMILES string of the molecule is COCC(I)CC(/C=C\CNC(=O)c1ncc(C#N)[nH]1)=C/CC1=CCC(C)(C)CC1. The number of nitrogens with one attached hydrogen (secondary N) is 2. The maximum atomic E-state index is 12.1. The molecule has 1 unspecified atom stereocenters. The summed E-state index contributed by atoms with van der Waals surface area (Å²) in [4.78, 5) is 18.7. The third-order valence-corrected chi connectivity index (χ3v) is 5.92. The second-order valence-electron chi connectivity index (χ2n) is 8.34. The van der Waals surface area contributed by atoms with Crippen LogP contribution in [0.25, 0.3) is 0 Å². The van der Waals surface area contributed by atoms with Gasteiger partial charge in [-0.2, -0.15) is 5.26 Å². The van der Waals surface area contributed by atoms with Crippen LogP contribution in [-0.4, -0.2) is 40.1 Å². The van der Waals surface area contributed by atoms with Gasteiger partial charge in [0.15, 0.2) is 5.82 Å². The number of allylic oxidation sites excluding steroid dienone is 5. The van der Waals surface area contributed by atoms with Crippen LogP contribution in [0.3, 0.4) is 0 Å². The Balaban J connectivity index is 1.94. The van der Waals surface area contributed by atoms with E-state index in [4.69, 9.17) is 10.00 Å². The molecule has 1 atom stereocenters. The first-order valence-electron chi connectivity index (χ1n) is 10.2. The van der Waals surface area contributed by atoms with Gasteiger partial charge in [-0.05, 0) is 37.5 Å². The summed E-state index contributed by atoms with van der Waals surface area (Å²) in [5, 5.41) is 11.6. The summed E-state index contributed by atoms with van der Waals surface area (Å²) in [5.74, 6) is -0.178. The number of ether oxygens (including phenoxy) is 1. The highest BCUT2D eigenvalue weighted by atomic mass is 127. The van der Waals surface area contributed by atoms with Crippen molar-refractivity contribution in [1.29, 1.82) is 5.26 Å². The van der Waals surface area contributed by atoms with Crippen molar-refractivity contribution in [2.75, 3.05) is 20.3 Å². The molecular formula is C23H31IN4O2. The van der Waals surface area contributed by atoms with Crippen LogP contribution < -0.4 is 5.32 Å². The lowest BCUT2D eigenvalue weighted by atomic mass is 9.78. The van der Waals surface area contributed by atoms with Crippen LogP contribution in [0.5, 0.6) is 0 Å². The smallest absolute Gasteiger partial charge is 0.287 e. The highest BCUT2D eigenvalue weighted by Gasteiger charge is 2.20. The molecule has 0 fully saturated rings. The molecule has 2 N–H and O–H groups in total. The van der Waals surface area contributed by atoms with Crippen LogP contribution in [0.2, 0.25) is 0 Å². The fraction of sp³-hybridized carbons (Fsp3) is 0.522. The normalized spacial score (nSPS) is 17.4. The van der Waals surface area contributed by atoms with Crippen molar-refractivity contribution in [3.05, 3.63) is 53.2 Å². The number of hydrogen-bond acceptors (Lipinski definition) is 4. The molecule has 0 saturated heterocycles. The van der Waals surface area contributed by atoms with Gasteiger partial charge in [0.1, 0.15) is 11.8 Å². The number of H-pyrrole nitrogens is 1. The molecule has 0 aliphatic heterocycles. The number of nitriles is 1. The van der Waals surface area contributed by atoms with Crippen LogP contribution in [0.15, 0.2) is 41.6 Å². The fourth-order valence-corrected chi connectivity index (χ4v) is 4.09. The highest BCUT2D eigenvalue weighted by Crippen LogP contribution is 2.35. The van der Waals surface area contributed by atoms with Crippen LogP contribution in [0.4, 0.5) is 0 Å². The van der Waals surface area contributed by atoms with Crippen LogP contribution in [0, 0.1) is 16.7 Å². The van der Waals surface area contributed by atoms with Gasteiger partial charge in [0, 0.05) is 17.6 Å². The molecule has 7 heteroatoms. The molecule has 0 saturated carbocycles. The Morgan fingerprint density at radius 2 is 2.33 bits per heavy atom. The van der Waals surface area contributed by atoms with E-state index in [9.17, 15) is 4.79 Å². The molecule has 0 spiro atoms. The van der Waals surface area contributed by atoms with Crippen LogP contribution >= 0.6 is 22.6 Å². The first-order valence-corrected chi connectivity index (χ1v) is 11.5. The molecule has 6 nitrogen and oxygen atoms in total. The van der Waals surface area contributed by atoms with Gasteiger partial charge in [-0.1, -0.05) is 71.9 Å². The molecule has 0 aromatic carbocycles. The van der Waals surface area contributed by atoms with Crippen molar-refractivity contribution in [1.82, 2.24) is 15.3 Å². The molecule has 1 aliphatic carbocycles. The summed E-state index contributed by atoms with van der Waals surface area (Å²) in [5.41, 5.74) is 3.45. The minimum atomic E-state index is -0.326. The standard InChI is InChI=1S/C23H31IN4O2/c1-23(2)10-8-17(9-11-23)6-7-18(13-19(24)16-30-3)5-4-12-26-22(29)21-27-15-20(14-25)28-21/h4-5,7-8,15,19H,6,9-13,16H2,1-3H3,(H,26,29)(H,27,28)/b5-4-,18-7+. The number of carbonyl (C=O) groups is 1. The van der Waals surface area contributed by atoms with Crippen LogP contribution in [0.1, 0.15) is 62.3 Å². The number of carbonyl (C=O) groups excluding carboxylic acids is 1. The second-order valence-corrected chi connectivity index (χ2v) is 10.1. The molecule has 162 valence electrons. The van der Waals surface area contributed by atoms with Gasteiger partial charge < -0.3 is 15.0 Å². The number of aromatic amines is 1. The lowest BCUT2D eigenvalue weighted by Crippen LogP contribution is -2.24. The second kappa shape index (κ2) is 12.1. The van der Waals surface area contributed by atoms with Gasteiger partial charge in [-0.15, -0.1) is 0 Å². The van der Waals surface area contributed by atoms with E-state index in [1.54, 1.807) is 7.11 Å². The number of hydrogen-bond donors (Lipinski definition) is 2. The Bertz CT molecular complexity index is 846. The third-order valence-electron chi connectivity index (χ3n) is 5.12. The van der Waals surface area contributed by atoms with Gasteiger partial charge in [-0.25, -0.2) is 4.98 Å². The summed E-state index contributed by atoms with van der Waals surface area (Å²) < 4.78 is 5.67. The first-order chi connectivity index (χ1) is 14.3. The molecule has 1 aromatic heterocycles. The number of rotatable bonds is 10. The topological polar surface area (TPSA) is 90.8 Å². The van der Waals surface area contributed by atoms with E-state index in [-0.39, 0.29) is 17.4 Å². The molecule has 2 rings (SSSR count). The Morgan fingerprint density at radius 1 is 1.53 bits per heavy atom. The van der Waals surface area contributed by atoms with Crippen LogP contribution in [-0.2, 0) is 4.74 Å². The van der Waals surface area contributed by atoms with E-state index < -0.39 is 0 Å². The van der Waals surface area contributed by atoms with Crippen molar-refractivity contribution < 1.29 is 9.53 Å². The average molecular weight is 522 g/mol. The maximum absolute atomic E-state index is 12.1. The zero-order chi connectivity index (χ0) is 22.0. The summed E-state index contributed by atoms with van der Waals surface area (Å²) in [6, 6.07) is 1.92. The zero-order valence-electron chi connectivity index (χ0n) is 18.0. The lowest BCUT2D eigenvalue weighted by Gasteiger charge is -2.28. The molecule has 1 aromatic rings. The molecule has 30 heavy (non-hydrogen) atoms. The van der Waals surface area contributed by atoms with E-state index in [1.807, 2.05) is 12.1 Å². The van der Waals surface area contributed by atoms with E-state index >= 15 is 0 Å². The lowest BCUT2D eigenvalue weighted by molar-refractivity contribution is 0.0948. The van der Waals surface area contributed by atoms with Gasteiger partial charge in [0.25, 0.3) is 5.91 Å². The number of amides is 1. The van der Waals surface area contributed by atoms with E-state index in [0.29, 0.717) is 22.5 Å². The molecule has 0 bridgehead atoms. The Morgan fingerprint density at radius 3 is 2.97 bits per heavy atom. The number of alkyl halides is 1. The number of aromatic nitrogens is 2. The van der Waals surface area contributed by atoms with Crippen molar-refractivity contribution in [3.63, 3.8) is 0 Å². The third kappa shape index (κ3) is 8.44. The molecule has 1 heterocycles. The Hall–Kier alpha value is -1.92. The summed E-state index contributed by atoms with van der Waals surface area (Å²) in [7, 11) is 1.72. The first kappa shape index (κ1) is 24.4. The Labute approximate surface area is 193 Å². The quantitative estimate of drug-likeness (QED) is 0.199. The van der Waals surface area contributed by atoms with E-state index in [2.05, 4.69) is 70.0 Å². The zero-order valence-corrected chi connectivity index (χ0v) is 20.2. The minimum Gasteiger partial charge on any atom is -0.384 e. The summed E-state index contributed by atoms with van der Waals surface area (Å²) >= 11 is 2.42. The predicted octanol–water partition coefficient (Wildman–Crippen LogP) is 4.86. The molecule has 0 radical (unpaired) electrons. The summed E-state index contributed by atoms with van der Waals surface area (Å²) in [6.45, 7) is 5.76. The van der Waals surface area contributed by atoms with Gasteiger partial charge in [-0.3, -0.25) is 4.79 Å². The largest absolute Gasteiger partial charge is 0.384 e. The van der Waals surface area contributed by atoms with Crippen molar-refractivity contribution in [2.24, 2.45) is 5.41 Å². The maximum Gasteiger partial charge on any atom is 0.287 e. The minimum absolute atomic E-state index is 0.148. The Kier molecular flexibility index (Phi) is 9.79. The fourth-order valence-electron chi connectivity index (χ4n) is 3.23. The van der Waals surface area contributed by atoms with Gasteiger partial charge in [0.05, 0.1) is 12.8 Å². The highest BCUT2D eigenvalue weighted by molar-refractivity contribution is 14.1. The predicted molar refractivity (Wildman–Crippen MR) is 127 cm³/mol. The van der Waals surface area contributed by atoms with Crippen molar-refractivity contribution in [3.8, 4) is 6.07 Å². The van der Waals surface area contributed by atoms with E-state index in [1.165, 1.54) is 23.8 Å². The molecule has 1 aliphatic rings. The van der Waals surface area contributed by atoms with Gasteiger partial charge >= 0.3 is 0 Å². The van der Waals surface area contributed by atoms with Crippen molar-refractivity contribution >= 4 is 28.5 Å². The average Bonchev–Trinajstić information content (AvgIpc) is 3.19. The monoisotopic (exact) mass is 522 g/mol. The van der Waals surface area contributed by atoms with Gasteiger partial charge in [0.2, 0.25) is 0 Å². The number of imidazole rings is 1. The summed E-state index contributed by atoms with van der Waals surface area (Å²) in [6.07, 6.45) is 15.5.